The third kappa shape index (κ3) is 2.88. The fraction of sp³-hybridized carbons (Fsp3) is 0.350. The van der Waals surface area contributed by atoms with Crippen molar-refractivity contribution < 1.29 is 9.66 Å². The SMILES string of the molecule is Cn1c(=O)c2c(nc3n(CC4CCCO4)c(-c4ccc([N+](=O)[O-])cc4)cn23)n(C)c1=O. The molecule has 4 heterocycles. The number of imidazole rings is 2. The highest BCUT2D eigenvalue weighted by molar-refractivity contribution is 5.78. The summed E-state index contributed by atoms with van der Waals surface area (Å²) in [6.07, 6.45) is 3.66. The van der Waals surface area contributed by atoms with Crippen molar-refractivity contribution in [3.8, 4) is 11.3 Å². The molecule has 1 fully saturated rings. The normalized spacial score (nSPS) is 16.5. The lowest BCUT2D eigenvalue weighted by Crippen LogP contribution is -2.37. The van der Waals surface area contributed by atoms with E-state index in [2.05, 4.69) is 4.98 Å². The van der Waals surface area contributed by atoms with Gasteiger partial charge in [-0.25, -0.2) is 4.79 Å². The molecule has 1 unspecified atom stereocenters. The fourth-order valence-electron chi connectivity index (χ4n) is 4.17. The molecule has 1 aliphatic rings. The maximum atomic E-state index is 12.9. The number of rotatable bonds is 4. The third-order valence-corrected chi connectivity index (χ3v) is 5.84. The number of aryl methyl sites for hydroxylation is 1. The van der Waals surface area contributed by atoms with Crippen LogP contribution in [0.25, 0.3) is 28.2 Å². The van der Waals surface area contributed by atoms with E-state index in [1.807, 2.05) is 4.57 Å². The van der Waals surface area contributed by atoms with E-state index >= 15 is 0 Å². The van der Waals surface area contributed by atoms with Gasteiger partial charge in [-0.2, -0.15) is 4.98 Å². The number of nitro benzene ring substituents is 1. The number of hydrogen-bond acceptors (Lipinski definition) is 6. The molecule has 11 nitrogen and oxygen atoms in total. The summed E-state index contributed by atoms with van der Waals surface area (Å²) in [5.41, 5.74) is 1.23. The topological polar surface area (TPSA) is 119 Å². The van der Waals surface area contributed by atoms with Crippen LogP contribution < -0.4 is 11.2 Å². The van der Waals surface area contributed by atoms with Gasteiger partial charge in [-0.05, 0) is 25.0 Å². The Morgan fingerprint density at radius 1 is 1.19 bits per heavy atom. The van der Waals surface area contributed by atoms with Gasteiger partial charge in [-0.15, -0.1) is 0 Å². The molecule has 5 rings (SSSR count). The average molecular weight is 424 g/mol. The number of nitrogens with zero attached hydrogens (tertiary/aromatic N) is 6. The van der Waals surface area contributed by atoms with Crippen molar-refractivity contribution in [1.82, 2.24) is 23.1 Å². The number of aromatic nitrogens is 5. The molecule has 0 bridgehead atoms. The van der Waals surface area contributed by atoms with E-state index in [0.29, 0.717) is 30.1 Å². The van der Waals surface area contributed by atoms with Gasteiger partial charge in [-0.1, -0.05) is 0 Å². The van der Waals surface area contributed by atoms with E-state index in [0.717, 1.165) is 28.7 Å². The quantitative estimate of drug-likeness (QED) is 0.361. The van der Waals surface area contributed by atoms with E-state index in [4.69, 9.17) is 4.74 Å². The first-order chi connectivity index (χ1) is 14.9. The van der Waals surface area contributed by atoms with Crippen LogP contribution in [0.2, 0.25) is 0 Å². The van der Waals surface area contributed by atoms with Crippen molar-refractivity contribution in [2.75, 3.05) is 6.61 Å². The van der Waals surface area contributed by atoms with Crippen molar-refractivity contribution in [3.63, 3.8) is 0 Å². The molecule has 1 saturated heterocycles. The average Bonchev–Trinajstić information content (AvgIpc) is 3.48. The molecule has 0 spiro atoms. The Bertz CT molecular complexity index is 1450. The zero-order valence-corrected chi connectivity index (χ0v) is 17.0. The smallest absolute Gasteiger partial charge is 0.332 e. The van der Waals surface area contributed by atoms with E-state index < -0.39 is 16.2 Å². The second-order valence-corrected chi connectivity index (χ2v) is 7.72. The molecule has 0 N–H and O–H groups in total. The summed E-state index contributed by atoms with van der Waals surface area (Å²) in [5, 5.41) is 11.0. The van der Waals surface area contributed by atoms with Gasteiger partial charge in [0.25, 0.3) is 11.2 Å². The minimum absolute atomic E-state index is 0.0000731. The molecule has 3 aromatic heterocycles. The van der Waals surface area contributed by atoms with Crippen LogP contribution in [0.1, 0.15) is 12.8 Å². The van der Waals surface area contributed by atoms with Gasteiger partial charge in [0, 0.05) is 44.6 Å². The highest BCUT2D eigenvalue weighted by Gasteiger charge is 2.24. The summed E-state index contributed by atoms with van der Waals surface area (Å²) in [6, 6.07) is 6.24. The molecule has 4 aromatic rings. The zero-order chi connectivity index (χ0) is 21.9. The number of nitro groups is 1. The number of hydrogen-bond donors (Lipinski definition) is 0. The first-order valence-electron chi connectivity index (χ1n) is 9.90. The fourth-order valence-corrected chi connectivity index (χ4v) is 4.17. The number of non-ortho nitro benzene ring substituents is 1. The molecule has 1 aromatic carbocycles. The zero-order valence-electron chi connectivity index (χ0n) is 17.0. The molecule has 0 radical (unpaired) electrons. The highest BCUT2D eigenvalue weighted by atomic mass is 16.6. The minimum Gasteiger partial charge on any atom is -0.376 e. The standard InChI is InChI=1S/C20H20N6O5/c1-22-17-16(18(27)23(2)20(22)28)25-11-15(12-5-7-13(8-6-12)26(29)30)24(19(25)21-17)10-14-4-3-9-31-14/h5-8,11,14H,3-4,9-10H2,1-2H3. The molecular formula is C20H20N6O5. The largest absolute Gasteiger partial charge is 0.376 e. The van der Waals surface area contributed by atoms with Gasteiger partial charge in [0.1, 0.15) is 0 Å². The molecular weight excluding hydrogens is 404 g/mol. The molecule has 0 saturated carbocycles. The molecule has 0 amide bonds. The van der Waals surface area contributed by atoms with E-state index in [1.165, 1.54) is 23.7 Å². The van der Waals surface area contributed by atoms with Gasteiger partial charge < -0.3 is 9.30 Å². The molecule has 31 heavy (non-hydrogen) atoms. The number of fused-ring (bicyclic) bond motifs is 3. The lowest BCUT2D eigenvalue weighted by molar-refractivity contribution is -0.384. The Balaban J connectivity index is 1.79. The molecule has 160 valence electrons. The van der Waals surface area contributed by atoms with Crippen LogP contribution in [0.15, 0.2) is 40.1 Å². The Kier molecular flexibility index (Phi) is 4.29. The van der Waals surface area contributed by atoms with Crippen LogP contribution in [0.3, 0.4) is 0 Å². The lowest BCUT2D eigenvalue weighted by Gasteiger charge is -2.13. The van der Waals surface area contributed by atoms with Crippen LogP contribution >= 0.6 is 0 Å². The van der Waals surface area contributed by atoms with Gasteiger partial charge >= 0.3 is 5.69 Å². The lowest BCUT2D eigenvalue weighted by atomic mass is 10.1. The van der Waals surface area contributed by atoms with Crippen LogP contribution in [0.4, 0.5) is 5.69 Å². The molecule has 1 aliphatic heterocycles. The van der Waals surface area contributed by atoms with Crippen LogP contribution in [-0.2, 0) is 25.4 Å². The second-order valence-electron chi connectivity index (χ2n) is 7.72. The molecule has 11 heteroatoms. The van der Waals surface area contributed by atoms with Crippen LogP contribution in [0.5, 0.6) is 0 Å². The first-order valence-corrected chi connectivity index (χ1v) is 9.90. The minimum atomic E-state index is -0.445. The van der Waals surface area contributed by atoms with Crippen molar-refractivity contribution in [2.24, 2.45) is 14.1 Å². The summed E-state index contributed by atoms with van der Waals surface area (Å²) in [7, 11) is 3.02. The van der Waals surface area contributed by atoms with E-state index in [-0.39, 0.29) is 11.8 Å². The Morgan fingerprint density at radius 2 is 1.94 bits per heavy atom. The van der Waals surface area contributed by atoms with Crippen molar-refractivity contribution in [3.05, 3.63) is 61.4 Å². The maximum Gasteiger partial charge on any atom is 0.332 e. The van der Waals surface area contributed by atoms with E-state index in [1.54, 1.807) is 29.8 Å². The molecule has 1 atom stereocenters. The van der Waals surface area contributed by atoms with E-state index in [9.17, 15) is 19.7 Å². The van der Waals surface area contributed by atoms with Crippen molar-refractivity contribution in [2.45, 2.75) is 25.5 Å². The Morgan fingerprint density at radius 3 is 2.58 bits per heavy atom. The molecule has 0 aliphatic carbocycles. The highest BCUT2D eigenvalue weighted by Crippen LogP contribution is 2.28. The Hall–Kier alpha value is -3.73. The monoisotopic (exact) mass is 424 g/mol. The van der Waals surface area contributed by atoms with Crippen LogP contribution in [-0.4, -0.2) is 40.7 Å². The maximum absolute atomic E-state index is 12.9. The second kappa shape index (κ2) is 6.91. The number of ether oxygens (including phenoxy) is 1. The summed E-state index contributed by atoms with van der Waals surface area (Å²) < 4.78 is 11.8. The predicted octanol–water partition coefficient (Wildman–Crippen LogP) is 1.44. The third-order valence-electron chi connectivity index (χ3n) is 5.84. The summed E-state index contributed by atoms with van der Waals surface area (Å²) in [5.74, 6) is 0.511. The summed E-state index contributed by atoms with van der Waals surface area (Å²) in [4.78, 5) is 40.4. The number of benzene rings is 1. The summed E-state index contributed by atoms with van der Waals surface area (Å²) >= 11 is 0. The van der Waals surface area contributed by atoms with Gasteiger partial charge in [0.15, 0.2) is 11.2 Å². The van der Waals surface area contributed by atoms with Crippen LogP contribution in [0, 0.1) is 10.1 Å². The summed E-state index contributed by atoms with van der Waals surface area (Å²) in [6.45, 7) is 1.21. The predicted molar refractivity (Wildman–Crippen MR) is 112 cm³/mol. The first kappa shape index (κ1) is 19.2. The van der Waals surface area contributed by atoms with Gasteiger partial charge in [0.05, 0.1) is 23.3 Å². The van der Waals surface area contributed by atoms with Gasteiger partial charge in [0.2, 0.25) is 5.78 Å². The van der Waals surface area contributed by atoms with Crippen molar-refractivity contribution >= 4 is 22.6 Å². The van der Waals surface area contributed by atoms with Gasteiger partial charge in [-0.3, -0.25) is 28.4 Å². The Labute approximate surface area is 174 Å². The van der Waals surface area contributed by atoms with Crippen molar-refractivity contribution in [1.29, 1.82) is 0 Å².